The number of aromatic nitrogens is 2. The third-order valence-corrected chi connectivity index (χ3v) is 4.91. The minimum atomic E-state index is -0.0863. The highest BCUT2D eigenvalue weighted by atomic mass is 16.2. The van der Waals surface area contributed by atoms with Crippen molar-refractivity contribution in [3.05, 3.63) is 48.8 Å². The maximum absolute atomic E-state index is 13.0. The summed E-state index contributed by atoms with van der Waals surface area (Å²) < 4.78 is 0. The van der Waals surface area contributed by atoms with E-state index in [9.17, 15) is 4.79 Å². The summed E-state index contributed by atoms with van der Waals surface area (Å²) >= 11 is 0. The topological polar surface area (TPSA) is 87.7 Å². The molecule has 1 fully saturated rings. The zero-order chi connectivity index (χ0) is 19.2. The van der Waals surface area contributed by atoms with Gasteiger partial charge in [-0.25, -0.2) is 9.99 Å². The lowest BCUT2D eigenvalue weighted by molar-refractivity contribution is -0.137. The van der Waals surface area contributed by atoms with Gasteiger partial charge in [0.15, 0.2) is 0 Å². The molecule has 27 heavy (non-hydrogen) atoms. The van der Waals surface area contributed by atoms with Gasteiger partial charge in [-0.2, -0.15) is 5.10 Å². The Kier molecular flexibility index (Phi) is 6.01. The average Bonchev–Trinajstić information content (AvgIpc) is 3.17. The Morgan fingerprint density at radius 1 is 1.30 bits per heavy atom. The number of anilines is 2. The number of hydrogen-bond acceptors (Lipinski definition) is 6. The van der Waals surface area contributed by atoms with Crippen LogP contribution in [0, 0.1) is 5.92 Å². The van der Waals surface area contributed by atoms with Crippen LogP contribution in [-0.4, -0.2) is 46.2 Å². The Morgan fingerprint density at radius 3 is 2.78 bits per heavy atom. The fourth-order valence-corrected chi connectivity index (χ4v) is 3.40. The second-order valence-electron chi connectivity index (χ2n) is 6.76. The highest BCUT2D eigenvalue weighted by Crippen LogP contribution is 2.27. The van der Waals surface area contributed by atoms with Crippen LogP contribution >= 0.6 is 0 Å². The second kappa shape index (κ2) is 8.62. The van der Waals surface area contributed by atoms with E-state index in [1.807, 2.05) is 31.2 Å². The number of nitrogen functional groups attached to an aromatic ring is 1. The Balaban J connectivity index is 1.60. The van der Waals surface area contributed by atoms with Crippen LogP contribution in [0.25, 0.3) is 0 Å². The quantitative estimate of drug-likeness (QED) is 0.809. The molecule has 1 saturated heterocycles. The number of rotatable bonds is 5. The zero-order valence-electron chi connectivity index (χ0n) is 15.7. The van der Waals surface area contributed by atoms with Gasteiger partial charge >= 0.3 is 0 Å². The largest absolute Gasteiger partial charge is 0.382 e. The van der Waals surface area contributed by atoms with E-state index in [1.54, 1.807) is 17.4 Å². The molecule has 0 spiro atoms. The molecule has 0 bridgehead atoms. The second-order valence-corrected chi connectivity index (χ2v) is 6.76. The van der Waals surface area contributed by atoms with E-state index in [2.05, 4.69) is 26.5 Å². The van der Waals surface area contributed by atoms with Gasteiger partial charge in [-0.1, -0.05) is 30.9 Å². The lowest BCUT2D eigenvalue weighted by atomic mass is 9.94. The van der Waals surface area contributed by atoms with E-state index in [1.165, 1.54) is 6.20 Å². The van der Waals surface area contributed by atoms with Crippen molar-refractivity contribution < 1.29 is 4.79 Å². The van der Waals surface area contributed by atoms with Crippen LogP contribution in [0.2, 0.25) is 0 Å². The molecule has 2 N–H and O–H groups in total. The van der Waals surface area contributed by atoms with Gasteiger partial charge in [0.25, 0.3) is 0 Å². The van der Waals surface area contributed by atoms with E-state index < -0.39 is 0 Å². The van der Waals surface area contributed by atoms with Crippen LogP contribution in [0.3, 0.4) is 0 Å². The minimum Gasteiger partial charge on any atom is -0.382 e. The standard InChI is InChI=1S/C20H26N6O/c1-3-4-5-6-15(2)17-7-10-23-26(17)20(27)16-8-11-25(12-9-16)19-14-22-13-18(21)24-19/h3-6,10,13-14,16-17H,2,7-9,11-12H2,1H3,(H2,21,24)/b4-3-,6-5-/t17-/m0/s1. The van der Waals surface area contributed by atoms with Gasteiger partial charge in [0.2, 0.25) is 5.91 Å². The molecule has 0 radical (unpaired) electrons. The van der Waals surface area contributed by atoms with Gasteiger partial charge in [-0.3, -0.25) is 9.78 Å². The van der Waals surface area contributed by atoms with Crippen LogP contribution in [0.5, 0.6) is 0 Å². The third kappa shape index (κ3) is 4.42. The first-order valence-corrected chi connectivity index (χ1v) is 9.26. The summed E-state index contributed by atoms with van der Waals surface area (Å²) in [6, 6.07) is -0.0863. The normalized spacial score (nSPS) is 20.9. The molecule has 0 aromatic carbocycles. The number of allylic oxidation sites excluding steroid dienone is 3. The van der Waals surface area contributed by atoms with Crippen molar-refractivity contribution in [1.29, 1.82) is 0 Å². The Hall–Kier alpha value is -2.96. The first-order chi connectivity index (χ1) is 13.1. The third-order valence-electron chi connectivity index (χ3n) is 4.91. The average molecular weight is 366 g/mol. The molecule has 1 atom stereocenters. The summed E-state index contributed by atoms with van der Waals surface area (Å²) in [6.45, 7) is 7.58. The summed E-state index contributed by atoms with van der Waals surface area (Å²) in [4.78, 5) is 23.5. The molecule has 0 saturated carbocycles. The van der Waals surface area contributed by atoms with Gasteiger partial charge in [-0.15, -0.1) is 0 Å². The highest BCUT2D eigenvalue weighted by molar-refractivity contribution is 5.82. The molecule has 1 amide bonds. The minimum absolute atomic E-state index is 0.0414. The number of amides is 1. The lowest BCUT2D eigenvalue weighted by Gasteiger charge is -2.34. The van der Waals surface area contributed by atoms with Gasteiger partial charge < -0.3 is 10.6 Å². The van der Waals surface area contributed by atoms with Crippen molar-refractivity contribution in [3.63, 3.8) is 0 Å². The molecule has 2 aliphatic rings. The van der Waals surface area contributed by atoms with Gasteiger partial charge in [0.1, 0.15) is 11.6 Å². The van der Waals surface area contributed by atoms with Crippen LogP contribution in [0.4, 0.5) is 11.6 Å². The van der Waals surface area contributed by atoms with E-state index in [4.69, 9.17) is 5.73 Å². The molecule has 3 rings (SSSR count). The van der Waals surface area contributed by atoms with Crippen molar-refractivity contribution in [2.24, 2.45) is 11.0 Å². The number of hydrazone groups is 1. The molecule has 1 aromatic heterocycles. The molecule has 1 aromatic rings. The van der Waals surface area contributed by atoms with Gasteiger partial charge in [0.05, 0.1) is 18.4 Å². The van der Waals surface area contributed by atoms with Crippen molar-refractivity contribution in [2.75, 3.05) is 23.7 Å². The zero-order valence-corrected chi connectivity index (χ0v) is 15.7. The van der Waals surface area contributed by atoms with Crippen LogP contribution in [0.15, 0.2) is 54.0 Å². The molecule has 2 aliphatic heterocycles. The van der Waals surface area contributed by atoms with Gasteiger partial charge in [0, 0.05) is 31.6 Å². The first-order valence-electron chi connectivity index (χ1n) is 9.26. The molecular formula is C20H26N6O. The van der Waals surface area contributed by atoms with Crippen LogP contribution < -0.4 is 10.6 Å². The molecule has 7 heteroatoms. The molecule has 3 heterocycles. The SMILES string of the molecule is C=C(/C=C\C=C/C)[C@@H]1CC=NN1C(=O)C1CCN(c2cncc(N)n2)CC1. The molecule has 0 aliphatic carbocycles. The number of carbonyl (C=O) groups is 1. The Labute approximate surface area is 160 Å². The molecule has 0 unspecified atom stereocenters. The summed E-state index contributed by atoms with van der Waals surface area (Å²) in [7, 11) is 0. The molecular weight excluding hydrogens is 340 g/mol. The van der Waals surface area contributed by atoms with Crippen LogP contribution in [-0.2, 0) is 4.79 Å². The lowest BCUT2D eigenvalue weighted by Crippen LogP contribution is -2.43. The van der Waals surface area contributed by atoms with E-state index in [0.29, 0.717) is 12.2 Å². The monoisotopic (exact) mass is 366 g/mol. The Morgan fingerprint density at radius 2 is 2.07 bits per heavy atom. The summed E-state index contributed by atoms with van der Waals surface area (Å²) in [5.41, 5.74) is 6.61. The summed E-state index contributed by atoms with van der Waals surface area (Å²) in [5, 5.41) is 5.94. The first kappa shape index (κ1) is 18.8. The summed E-state index contributed by atoms with van der Waals surface area (Å²) in [6.07, 6.45) is 15.1. The van der Waals surface area contributed by atoms with Crippen LogP contribution in [0.1, 0.15) is 26.2 Å². The molecule has 7 nitrogen and oxygen atoms in total. The van der Waals surface area contributed by atoms with E-state index in [-0.39, 0.29) is 17.9 Å². The predicted molar refractivity (Wildman–Crippen MR) is 108 cm³/mol. The number of nitrogens with two attached hydrogens (primary N) is 1. The van der Waals surface area contributed by atoms with Crippen molar-refractivity contribution in [2.45, 2.75) is 32.2 Å². The fraction of sp³-hybridized carbons (Fsp3) is 0.400. The number of hydrogen-bond donors (Lipinski definition) is 1. The smallest absolute Gasteiger partial charge is 0.246 e. The van der Waals surface area contributed by atoms with Crippen molar-refractivity contribution in [1.82, 2.24) is 15.0 Å². The van der Waals surface area contributed by atoms with Gasteiger partial charge in [-0.05, 0) is 25.3 Å². The van der Waals surface area contributed by atoms with E-state index >= 15 is 0 Å². The fourth-order valence-electron chi connectivity index (χ4n) is 3.40. The van der Waals surface area contributed by atoms with Crippen molar-refractivity contribution in [3.8, 4) is 0 Å². The number of nitrogens with zero attached hydrogens (tertiary/aromatic N) is 5. The number of carbonyl (C=O) groups excluding carboxylic acids is 1. The van der Waals surface area contributed by atoms with E-state index in [0.717, 1.165) is 37.3 Å². The maximum Gasteiger partial charge on any atom is 0.246 e. The maximum atomic E-state index is 13.0. The highest BCUT2D eigenvalue weighted by Gasteiger charge is 2.34. The van der Waals surface area contributed by atoms with Crippen molar-refractivity contribution >= 4 is 23.8 Å². The summed E-state index contributed by atoms with van der Waals surface area (Å²) in [5.74, 6) is 1.21. The predicted octanol–water partition coefficient (Wildman–Crippen LogP) is 2.55. The molecule has 142 valence electrons. The number of piperidine rings is 1. The Bertz CT molecular complexity index is 776.